The molecule has 0 aromatic heterocycles. The summed E-state index contributed by atoms with van der Waals surface area (Å²) in [5, 5.41) is -0.0118. The summed E-state index contributed by atoms with van der Waals surface area (Å²) in [4.78, 5) is 21.5. The minimum Gasteiger partial charge on any atom is -0.490 e. The van der Waals surface area contributed by atoms with Gasteiger partial charge in [0.05, 0.1) is 17.5 Å². The number of allylic oxidation sites excluding steroid dienone is 1. The van der Waals surface area contributed by atoms with Crippen LogP contribution in [-0.4, -0.2) is 100 Å². The lowest BCUT2D eigenvalue weighted by Crippen LogP contribution is -2.61. The number of piperazine rings is 1. The van der Waals surface area contributed by atoms with Crippen molar-refractivity contribution < 1.29 is 22.7 Å². The zero-order valence-electron chi connectivity index (χ0n) is 32.4. The largest absolute Gasteiger partial charge is 0.490 e. The number of nitrogens with one attached hydrogen (secondary N) is 1. The van der Waals surface area contributed by atoms with E-state index in [1.165, 1.54) is 36.9 Å². The van der Waals surface area contributed by atoms with Gasteiger partial charge in [0.2, 0.25) is 10.0 Å². The quantitative estimate of drug-likeness (QED) is 0.338. The molecule has 1 saturated carbocycles. The third-order valence-corrected chi connectivity index (χ3v) is 16.2. The first kappa shape index (κ1) is 38.3. The van der Waals surface area contributed by atoms with E-state index in [-0.39, 0.29) is 17.3 Å². The highest BCUT2D eigenvalue weighted by Crippen LogP contribution is 2.49. The molecule has 8 rings (SSSR count). The molecule has 2 saturated heterocycles. The van der Waals surface area contributed by atoms with Crippen molar-refractivity contribution in [3.63, 3.8) is 0 Å². The molecule has 0 unspecified atom stereocenters. The molecule has 6 aliphatic rings. The van der Waals surface area contributed by atoms with Crippen molar-refractivity contribution >= 4 is 33.2 Å². The maximum absolute atomic E-state index is 13.7. The molecular formula is C43H59ClN4O5S. The SMILES string of the molecule is CCO[C@@]1(CN2CCN3CCCC[C@@H]3C2)/C=C\C[C@H](C)[C@@H](C)S(=O)(=O)NC(=O)c2ccc3c(c2)N(C[C@@H]2CC[C@H]21)C[C@@]1(CCCc2cc(Cl)ccc21)CO3. The maximum Gasteiger partial charge on any atom is 0.264 e. The number of benzene rings is 2. The van der Waals surface area contributed by atoms with E-state index in [2.05, 4.69) is 50.6 Å². The van der Waals surface area contributed by atoms with Gasteiger partial charge in [-0.1, -0.05) is 43.2 Å². The highest BCUT2D eigenvalue weighted by atomic mass is 35.5. The van der Waals surface area contributed by atoms with Gasteiger partial charge in [0.1, 0.15) is 11.4 Å². The smallest absolute Gasteiger partial charge is 0.264 e. The minimum atomic E-state index is -3.95. The number of halogens is 1. The maximum atomic E-state index is 13.7. The van der Waals surface area contributed by atoms with E-state index in [0.717, 1.165) is 87.8 Å². The van der Waals surface area contributed by atoms with Gasteiger partial charge in [-0.05, 0) is 131 Å². The first-order chi connectivity index (χ1) is 26.0. The molecule has 1 spiro atoms. The Labute approximate surface area is 327 Å². The molecule has 7 atom stereocenters. The summed E-state index contributed by atoms with van der Waals surface area (Å²) in [6, 6.07) is 12.3. The van der Waals surface area contributed by atoms with Gasteiger partial charge in [0.15, 0.2) is 0 Å². The molecule has 11 heteroatoms. The molecule has 2 bridgehead atoms. The summed E-state index contributed by atoms with van der Waals surface area (Å²) in [7, 11) is -3.95. The van der Waals surface area contributed by atoms with Crippen molar-refractivity contribution in [1.82, 2.24) is 14.5 Å². The molecular weight excluding hydrogens is 720 g/mol. The van der Waals surface area contributed by atoms with Crippen LogP contribution in [0.1, 0.15) is 93.6 Å². The molecule has 2 aromatic carbocycles. The van der Waals surface area contributed by atoms with E-state index in [1.54, 1.807) is 13.0 Å². The molecule has 4 aliphatic heterocycles. The Balaban J connectivity index is 1.20. The van der Waals surface area contributed by atoms with Crippen molar-refractivity contribution in [3.05, 3.63) is 70.3 Å². The second-order valence-electron chi connectivity index (χ2n) is 17.3. The lowest BCUT2D eigenvalue weighted by Gasteiger charge is -2.53. The van der Waals surface area contributed by atoms with Crippen LogP contribution >= 0.6 is 11.6 Å². The van der Waals surface area contributed by atoms with Crippen molar-refractivity contribution in [2.75, 3.05) is 63.9 Å². The second-order valence-corrected chi connectivity index (χ2v) is 19.8. The Morgan fingerprint density at radius 3 is 2.70 bits per heavy atom. The number of carbonyl (C=O) groups excluding carboxylic acids is 1. The van der Waals surface area contributed by atoms with Gasteiger partial charge in [-0.2, -0.15) is 0 Å². The Kier molecular flexibility index (Phi) is 10.9. The number of fused-ring (bicyclic) bond motifs is 5. The standard InChI is InChI=1S/C43H59ClN4O5S/c1-4-53-43(28-46-21-22-47-20-6-5-11-36(47)26-46)19-7-9-30(2)31(3)54(50,51)45-41(49)33-13-17-40-39(24-33)48(25-34-12-15-38(34)43)27-42(29-52-40)18-8-10-32-23-35(44)14-16-37(32)42/h7,13-14,16-17,19,23-24,30-31,34,36,38H,4-6,8-12,15,18,20-22,25-29H2,1-3H3,(H,45,49)/b19-7-/t30-,31+,34-,36+,38+,42-,43+/m0/s1. The normalized spacial score (nSPS) is 35.0. The molecule has 9 nitrogen and oxygen atoms in total. The predicted octanol–water partition coefficient (Wildman–Crippen LogP) is 6.83. The number of amides is 1. The Morgan fingerprint density at radius 1 is 1.02 bits per heavy atom. The van der Waals surface area contributed by atoms with Crippen LogP contribution in [0.2, 0.25) is 5.02 Å². The van der Waals surface area contributed by atoms with E-state index in [4.69, 9.17) is 21.1 Å². The summed E-state index contributed by atoms with van der Waals surface area (Å²) in [6.07, 6.45) is 14.1. The lowest BCUT2D eigenvalue weighted by molar-refractivity contribution is -0.116. The van der Waals surface area contributed by atoms with Crippen LogP contribution < -0.4 is 14.4 Å². The number of nitrogens with zero attached hydrogens (tertiary/aromatic N) is 3. The number of hydrogen-bond donors (Lipinski definition) is 1. The van der Waals surface area contributed by atoms with Gasteiger partial charge in [0, 0.05) is 67.9 Å². The molecule has 0 radical (unpaired) electrons. The number of ether oxygens (including phenoxy) is 2. The van der Waals surface area contributed by atoms with Crippen LogP contribution in [0.15, 0.2) is 48.6 Å². The molecule has 2 aliphatic carbocycles. The molecule has 4 heterocycles. The third kappa shape index (κ3) is 7.35. The summed E-state index contributed by atoms with van der Waals surface area (Å²) in [5.41, 5.74) is 2.99. The third-order valence-electron chi connectivity index (χ3n) is 14.0. The Bertz CT molecular complexity index is 1860. The second kappa shape index (κ2) is 15.4. The fourth-order valence-corrected chi connectivity index (χ4v) is 12.2. The first-order valence-corrected chi connectivity index (χ1v) is 22.6. The number of aryl methyl sites for hydroxylation is 1. The number of anilines is 1. The fourth-order valence-electron chi connectivity index (χ4n) is 10.7. The molecule has 1 amide bonds. The van der Waals surface area contributed by atoms with E-state index in [1.807, 2.05) is 25.1 Å². The zero-order valence-corrected chi connectivity index (χ0v) is 34.0. The lowest BCUT2D eigenvalue weighted by atomic mass is 9.63. The topological polar surface area (TPSA) is 91.4 Å². The first-order valence-electron chi connectivity index (χ1n) is 20.6. The molecule has 294 valence electrons. The number of piperidine rings is 1. The highest BCUT2D eigenvalue weighted by molar-refractivity contribution is 7.90. The highest BCUT2D eigenvalue weighted by Gasteiger charge is 2.50. The van der Waals surface area contributed by atoms with E-state index < -0.39 is 26.8 Å². The molecule has 2 aromatic rings. The zero-order chi connectivity index (χ0) is 37.7. The van der Waals surface area contributed by atoms with Crippen LogP contribution in [-0.2, 0) is 26.6 Å². The van der Waals surface area contributed by atoms with E-state index in [0.29, 0.717) is 37.2 Å². The van der Waals surface area contributed by atoms with Gasteiger partial charge in [-0.25, -0.2) is 13.1 Å². The summed E-state index contributed by atoms with van der Waals surface area (Å²) in [5.74, 6) is 0.561. The number of sulfonamides is 1. The molecule has 1 N–H and O–H groups in total. The summed E-state index contributed by atoms with van der Waals surface area (Å²) >= 11 is 6.53. The summed E-state index contributed by atoms with van der Waals surface area (Å²) in [6.45, 7) is 13.7. The van der Waals surface area contributed by atoms with Gasteiger partial charge in [0.25, 0.3) is 5.91 Å². The van der Waals surface area contributed by atoms with E-state index >= 15 is 0 Å². The number of carbonyl (C=O) groups is 1. The van der Waals surface area contributed by atoms with Gasteiger partial charge < -0.3 is 14.4 Å². The van der Waals surface area contributed by atoms with E-state index in [9.17, 15) is 13.2 Å². The predicted molar refractivity (Wildman–Crippen MR) is 215 cm³/mol. The van der Waals surface area contributed by atoms with Crippen LogP contribution in [0.4, 0.5) is 5.69 Å². The van der Waals surface area contributed by atoms with Crippen molar-refractivity contribution in [1.29, 1.82) is 0 Å². The van der Waals surface area contributed by atoms with Crippen molar-refractivity contribution in [2.45, 2.75) is 101 Å². The Hall–Kier alpha value is -2.63. The molecule has 3 fully saturated rings. The summed E-state index contributed by atoms with van der Waals surface area (Å²) < 4.78 is 43.6. The monoisotopic (exact) mass is 778 g/mol. The average molecular weight is 779 g/mol. The van der Waals surface area contributed by atoms with Crippen LogP contribution in [0.25, 0.3) is 0 Å². The van der Waals surface area contributed by atoms with Gasteiger partial charge in [-0.15, -0.1) is 0 Å². The minimum absolute atomic E-state index is 0.206. The number of rotatable bonds is 4. The molecule has 54 heavy (non-hydrogen) atoms. The van der Waals surface area contributed by atoms with Crippen LogP contribution in [0.5, 0.6) is 5.75 Å². The van der Waals surface area contributed by atoms with Crippen molar-refractivity contribution in [3.8, 4) is 5.75 Å². The fraction of sp³-hybridized carbons (Fsp3) is 0.651. The average Bonchev–Trinajstić information content (AvgIpc) is 3.29. The number of hydrogen-bond acceptors (Lipinski definition) is 8. The van der Waals surface area contributed by atoms with Gasteiger partial charge >= 0.3 is 0 Å². The Morgan fingerprint density at radius 2 is 1.89 bits per heavy atom. The van der Waals surface area contributed by atoms with Crippen LogP contribution in [0, 0.1) is 17.8 Å². The van der Waals surface area contributed by atoms with Crippen LogP contribution in [0.3, 0.4) is 0 Å². The van der Waals surface area contributed by atoms with Crippen molar-refractivity contribution in [2.24, 2.45) is 17.8 Å². The van der Waals surface area contributed by atoms with Gasteiger partial charge in [-0.3, -0.25) is 14.6 Å².